The number of hydrogen-bond acceptors (Lipinski definition) is 6. The van der Waals surface area contributed by atoms with E-state index in [9.17, 15) is 9.18 Å². The predicted octanol–water partition coefficient (Wildman–Crippen LogP) is 4.08. The summed E-state index contributed by atoms with van der Waals surface area (Å²) in [5.74, 6) is 0.210. The van der Waals surface area contributed by atoms with E-state index in [0.717, 1.165) is 27.8 Å². The van der Waals surface area contributed by atoms with Crippen LogP contribution in [0.25, 0.3) is 33.2 Å². The largest absolute Gasteiger partial charge is 0.378 e. The van der Waals surface area contributed by atoms with E-state index in [1.807, 2.05) is 24.3 Å². The minimum absolute atomic E-state index is 0.202. The maximum absolute atomic E-state index is 13.6. The molecule has 0 bridgehead atoms. The van der Waals surface area contributed by atoms with Crippen LogP contribution in [0.15, 0.2) is 66.9 Å². The molecule has 5 aromatic rings. The number of benzene rings is 3. The van der Waals surface area contributed by atoms with Gasteiger partial charge in [-0.1, -0.05) is 6.07 Å². The van der Waals surface area contributed by atoms with Crippen LogP contribution in [0.4, 0.5) is 10.2 Å². The molecule has 8 nitrogen and oxygen atoms in total. The van der Waals surface area contributed by atoms with Crippen molar-refractivity contribution in [1.29, 1.82) is 0 Å². The number of nitrogens with zero attached hydrogens (tertiary/aromatic N) is 4. The third-order valence-electron chi connectivity index (χ3n) is 6.29. The van der Waals surface area contributed by atoms with Gasteiger partial charge in [0.1, 0.15) is 11.5 Å². The lowest BCUT2D eigenvalue weighted by molar-refractivity contribution is 0.0951. The number of H-pyrrole nitrogens is 1. The number of carbonyl (C=O) groups is 1. The zero-order valence-corrected chi connectivity index (χ0v) is 19.4. The van der Waals surface area contributed by atoms with Crippen LogP contribution >= 0.6 is 0 Å². The molecule has 1 aliphatic heterocycles. The molecule has 0 radical (unpaired) electrons. The van der Waals surface area contributed by atoms with Crippen LogP contribution in [0, 0.1) is 5.82 Å². The lowest BCUT2D eigenvalue weighted by Gasteiger charge is -2.29. The first-order valence-corrected chi connectivity index (χ1v) is 11.7. The molecule has 2 aromatic heterocycles. The van der Waals surface area contributed by atoms with E-state index in [-0.39, 0.29) is 11.7 Å². The van der Waals surface area contributed by atoms with Crippen LogP contribution in [0.3, 0.4) is 0 Å². The molecule has 0 aliphatic carbocycles. The summed E-state index contributed by atoms with van der Waals surface area (Å²) in [5, 5.41) is 10.9. The van der Waals surface area contributed by atoms with Crippen molar-refractivity contribution in [3.8, 4) is 11.3 Å². The molecular formula is C27H23FN6O2. The third-order valence-corrected chi connectivity index (χ3v) is 6.29. The predicted molar refractivity (Wildman–Crippen MR) is 135 cm³/mol. The Morgan fingerprint density at radius 2 is 1.83 bits per heavy atom. The highest BCUT2D eigenvalue weighted by Gasteiger charge is 2.20. The normalized spacial score (nSPS) is 13.9. The average molecular weight is 483 g/mol. The molecule has 0 unspecified atom stereocenters. The fourth-order valence-corrected chi connectivity index (χ4v) is 4.37. The molecule has 0 atom stereocenters. The summed E-state index contributed by atoms with van der Waals surface area (Å²) in [4.78, 5) is 24.8. The Hall–Kier alpha value is -4.37. The zero-order valence-electron chi connectivity index (χ0n) is 19.4. The summed E-state index contributed by atoms with van der Waals surface area (Å²) in [6, 6.07) is 17.4. The lowest BCUT2D eigenvalue weighted by atomic mass is 10.1. The van der Waals surface area contributed by atoms with Crippen molar-refractivity contribution in [2.24, 2.45) is 0 Å². The number of anilines is 1. The van der Waals surface area contributed by atoms with Crippen molar-refractivity contribution in [1.82, 2.24) is 25.5 Å². The van der Waals surface area contributed by atoms with E-state index in [4.69, 9.17) is 14.7 Å². The highest BCUT2D eigenvalue weighted by atomic mass is 19.1. The van der Waals surface area contributed by atoms with Gasteiger partial charge in [0, 0.05) is 36.1 Å². The summed E-state index contributed by atoms with van der Waals surface area (Å²) in [6.45, 7) is 2.99. The SMILES string of the molecule is O=C(NCc1ccc2[nH]ncc2c1)c1ccc2nc(N3CCOCC3)c(-c3ccc(F)cc3)nc2c1. The number of aromatic amines is 1. The fourth-order valence-electron chi connectivity index (χ4n) is 4.37. The van der Waals surface area contributed by atoms with Gasteiger partial charge in [-0.2, -0.15) is 5.10 Å². The molecule has 0 saturated carbocycles. The monoisotopic (exact) mass is 482 g/mol. The smallest absolute Gasteiger partial charge is 0.251 e. The maximum atomic E-state index is 13.6. The second kappa shape index (κ2) is 9.35. The van der Waals surface area contributed by atoms with Crippen LogP contribution in [0.2, 0.25) is 0 Å². The van der Waals surface area contributed by atoms with E-state index < -0.39 is 0 Å². The molecule has 9 heteroatoms. The first-order valence-electron chi connectivity index (χ1n) is 11.7. The van der Waals surface area contributed by atoms with Crippen molar-refractivity contribution in [3.05, 3.63) is 83.8 Å². The third kappa shape index (κ3) is 4.36. The van der Waals surface area contributed by atoms with Crippen LogP contribution in [0.5, 0.6) is 0 Å². The molecule has 36 heavy (non-hydrogen) atoms. The number of halogens is 1. The Bertz CT molecular complexity index is 1560. The number of aromatic nitrogens is 4. The number of hydrogen-bond donors (Lipinski definition) is 2. The first-order chi connectivity index (χ1) is 17.6. The van der Waals surface area contributed by atoms with Crippen molar-refractivity contribution < 1.29 is 13.9 Å². The molecule has 2 N–H and O–H groups in total. The second-order valence-corrected chi connectivity index (χ2v) is 8.68. The molecule has 0 spiro atoms. The van der Waals surface area contributed by atoms with Gasteiger partial charge in [-0.05, 0) is 60.2 Å². The van der Waals surface area contributed by atoms with Crippen LogP contribution in [-0.2, 0) is 11.3 Å². The number of rotatable bonds is 5. The van der Waals surface area contributed by atoms with Gasteiger partial charge in [0.15, 0.2) is 5.82 Å². The van der Waals surface area contributed by atoms with Gasteiger partial charge in [0.2, 0.25) is 0 Å². The van der Waals surface area contributed by atoms with Gasteiger partial charge in [0.25, 0.3) is 5.91 Å². The van der Waals surface area contributed by atoms with Crippen LogP contribution in [-0.4, -0.2) is 52.4 Å². The summed E-state index contributed by atoms with van der Waals surface area (Å²) in [5.41, 5.74) is 5.11. The molecule has 1 amide bonds. The highest BCUT2D eigenvalue weighted by Crippen LogP contribution is 2.30. The average Bonchev–Trinajstić information content (AvgIpc) is 3.40. The van der Waals surface area contributed by atoms with E-state index in [0.29, 0.717) is 55.1 Å². The second-order valence-electron chi connectivity index (χ2n) is 8.68. The summed E-state index contributed by atoms with van der Waals surface area (Å²) < 4.78 is 19.1. The van der Waals surface area contributed by atoms with Gasteiger partial charge in [-0.3, -0.25) is 9.89 Å². The number of ether oxygens (including phenoxy) is 1. The van der Waals surface area contributed by atoms with Gasteiger partial charge in [0.05, 0.1) is 36.0 Å². The van der Waals surface area contributed by atoms with Gasteiger partial charge >= 0.3 is 0 Å². The summed E-state index contributed by atoms with van der Waals surface area (Å²) >= 11 is 0. The summed E-state index contributed by atoms with van der Waals surface area (Å²) in [7, 11) is 0. The van der Waals surface area contributed by atoms with Crippen molar-refractivity contribution in [2.75, 3.05) is 31.2 Å². The highest BCUT2D eigenvalue weighted by molar-refractivity contribution is 5.98. The molecule has 180 valence electrons. The molecular weight excluding hydrogens is 459 g/mol. The number of nitrogens with one attached hydrogen (secondary N) is 2. The molecule has 1 aliphatic rings. The summed E-state index contributed by atoms with van der Waals surface area (Å²) in [6.07, 6.45) is 1.76. The Morgan fingerprint density at radius 1 is 1.00 bits per heavy atom. The van der Waals surface area contributed by atoms with E-state index >= 15 is 0 Å². The Balaban J connectivity index is 1.31. The van der Waals surface area contributed by atoms with Crippen molar-refractivity contribution >= 4 is 33.7 Å². The number of amides is 1. The lowest BCUT2D eigenvalue weighted by Crippen LogP contribution is -2.37. The fraction of sp³-hybridized carbons (Fsp3) is 0.185. The number of carbonyl (C=O) groups excluding carboxylic acids is 1. The molecule has 6 rings (SSSR count). The maximum Gasteiger partial charge on any atom is 0.251 e. The van der Waals surface area contributed by atoms with Crippen molar-refractivity contribution in [2.45, 2.75) is 6.54 Å². The van der Waals surface area contributed by atoms with E-state index in [2.05, 4.69) is 20.4 Å². The molecule has 1 fully saturated rings. The molecule has 3 aromatic carbocycles. The Labute approximate surface area is 206 Å². The van der Waals surface area contributed by atoms with Gasteiger partial charge < -0.3 is 15.0 Å². The zero-order chi connectivity index (χ0) is 24.5. The molecule has 1 saturated heterocycles. The number of morpholine rings is 1. The van der Waals surface area contributed by atoms with Gasteiger partial charge in [-0.15, -0.1) is 0 Å². The molecule has 3 heterocycles. The van der Waals surface area contributed by atoms with E-state index in [1.165, 1.54) is 12.1 Å². The van der Waals surface area contributed by atoms with Crippen LogP contribution in [0.1, 0.15) is 15.9 Å². The first kappa shape index (κ1) is 22.1. The Morgan fingerprint density at radius 3 is 2.67 bits per heavy atom. The minimum Gasteiger partial charge on any atom is -0.378 e. The Kier molecular flexibility index (Phi) is 5.74. The number of fused-ring (bicyclic) bond motifs is 2. The standard InChI is InChI=1S/C27H23FN6O2/c28-21-5-2-18(3-6-21)25-26(34-9-11-36-12-10-34)32-23-8-4-19(14-24(23)31-25)27(35)29-15-17-1-7-22-20(13-17)16-30-33-22/h1-8,13-14,16H,9-12,15H2,(H,29,35)(H,30,33). The topological polar surface area (TPSA) is 96.0 Å². The van der Waals surface area contributed by atoms with E-state index in [1.54, 1.807) is 30.5 Å². The quantitative estimate of drug-likeness (QED) is 0.392. The minimum atomic E-state index is -0.314. The van der Waals surface area contributed by atoms with Crippen LogP contribution < -0.4 is 10.2 Å². The van der Waals surface area contributed by atoms with Gasteiger partial charge in [-0.25, -0.2) is 14.4 Å². The van der Waals surface area contributed by atoms with Crippen molar-refractivity contribution in [3.63, 3.8) is 0 Å².